The van der Waals surface area contributed by atoms with Gasteiger partial charge in [-0.2, -0.15) is 0 Å². The van der Waals surface area contributed by atoms with Crippen molar-refractivity contribution < 1.29 is 18.7 Å². The Labute approximate surface area is 145 Å². The van der Waals surface area contributed by atoms with Gasteiger partial charge >= 0.3 is 5.97 Å². The zero-order chi connectivity index (χ0) is 18.0. The van der Waals surface area contributed by atoms with E-state index in [2.05, 4.69) is 0 Å². The second-order valence-corrected chi connectivity index (χ2v) is 5.48. The number of halogens is 1. The van der Waals surface area contributed by atoms with Gasteiger partial charge in [0.25, 0.3) is 0 Å². The first-order valence-corrected chi connectivity index (χ1v) is 7.89. The predicted octanol–water partition coefficient (Wildman–Crippen LogP) is 4.41. The number of carbonyl (C=O) groups excluding carboxylic acids is 1. The Balaban J connectivity index is 2.37. The van der Waals surface area contributed by atoms with Crippen molar-refractivity contribution in [2.45, 2.75) is 6.92 Å². The monoisotopic (exact) mass is 339 g/mol. The number of carbonyl (C=O) groups is 1. The van der Waals surface area contributed by atoms with E-state index >= 15 is 4.39 Å². The van der Waals surface area contributed by atoms with Crippen molar-refractivity contribution >= 4 is 22.4 Å². The van der Waals surface area contributed by atoms with E-state index in [9.17, 15) is 4.79 Å². The standard InChI is InChI=1S/C20H18FNO3/c1-3-25-20(23)17-14-9-4-5-10-15(14)18(21)16(19(17)22)12-7-6-8-13(11-12)24-2/h4-11H,3,22H2,1-2H3. The number of nitrogen functional groups attached to an aromatic ring is 1. The van der Waals surface area contributed by atoms with Crippen molar-refractivity contribution in [3.63, 3.8) is 0 Å². The molecule has 2 N–H and O–H groups in total. The second kappa shape index (κ2) is 6.81. The van der Waals surface area contributed by atoms with E-state index in [0.29, 0.717) is 22.1 Å². The third-order valence-electron chi connectivity index (χ3n) is 4.03. The molecule has 0 aliphatic carbocycles. The van der Waals surface area contributed by atoms with Crippen LogP contribution in [-0.2, 0) is 4.74 Å². The number of methoxy groups -OCH3 is 1. The van der Waals surface area contributed by atoms with Gasteiger partial charge in [-0.1, -0.05) is 36.4 Å². The van der Waals surface area contributed by atoms with Gasteiger partial charge in [0.2, 0.25) is 0 Å². The Hall–Kier alpha value is -3.08. The normalized spacial score (nSPS) is 10.7. The molecule has 0 radical (unpaired) electrons. The molecule has 25 heavy (non-hydrogen) atoms. The maximum atomic E-state index is 15.2. The van der Waals surface area contributed by atoms with E-state index in [1.807, 2.05) is 0 Å². The van der Waals surface area contributed by atoms with Gasteiger partial charge in [0.1, 0.15) is 11.6 Å². The van der Waals surface area contributed by atoms with Crippen LogP contribution in [0.5, 0.6) is 5.75 Å². The highest BCUT2D eigenvalue weighted by Gasteiger charge is 2.24. The summed E-state index contributed by atoms with van der Waals surface area (Å²) in [6, 6.07) is 13.6. The van der Waals surface area contributed by atoms with Crippen molar-refractivity contribution in [3.8, 4) is 16.9 Å². The molecule has 128 valence electrons. The predicted molar refractivity (Wildman–Crippen MR) is 96.3 cm³/mol. The molecule has 0 fully saturated rings. The molecule has 0 saturated carbocycles. The van der Waals surface area contributed by atoms with Gasteiger partial charge in [0.15, 0.2) is 0 Å². The van der Waals surface area contributed by atoms with E-state index in [1.165, 1.54) is 7.11 Å². The van der Waals surface area contributed by atoms with Crippen LogP contribution in [0.1, 0.15) is 17.3 Å². The maximum absolute atomic E-state index is 15.2. The molecule has 5 heteroatoms. The number of nitrogens with two attached hydrogens (primary N) is 1. The van der Waals surface area contributed by atoms with Crippen LogP contribution in [0.25, 0.3) is 21.9 Å². The molecule has 4 nitrogen and oxygen atoms in total. The molecule has 0 aromatic heterocycles. The number of fused-ring (bicyclic) bond motifs is 1. The van der Waals surface area contributed by atoms with Crippen molar-refractivity contribution in [3.05, 3.63) is 59.9 Å². The molecule has 0 unspecified atom stereocenters. The Morgan fingerprint density at radius 3 is 2.52 bits per heavy atom. The second-order valence-electron chi connectivity index (χ2n) is 5.48. The molecular weight excluding hydrogens is 321 g/mol. The van der Waals surface area contributed by atoms with E-state index in [4.69, 9.17) is 15.2 Å². The van der Waals surface area contributed by atoms with Gasteiger partial charge in [0, 0.05) is 16.3 Å². The number of rotatable bonds is 4. The molecule has 0 aliphatic heterocycles. The highest BCUT2D eigenvalue weighted by Crippen LogP contribution is 2.39. The molecule has 3 aromatic rings. The molecule has 0 aliphatic rings. The summed E-state index contributed by atoms with van der Waals surface area (Å²) in [7, 11) is 1.53. The van der Waals surface area contributed by atoms with Crippen LogP contribution in [0, 0.1) is 5.82 Å². The number of esters is 1. The fourth-order valence-corrected chi connectivity index (χ4v) is 2.90. The fourth-order valence-electron chi connectivity index (χ4n) is 2.90. The van der Waals surface area contributed by atoms with E-state index in [1.54, 1.807) is 55.5 Å². The average Bonchev–Trinajstić information content (AvgIpc) is 2.62. The SMILES string of the molecule is CCOC(=O)c1c(N)c(-c2cccc(OC)c2)c(F)c2ccccc12. The molecule has 0 amide bonds. The summed E-state index contributed by atoms with van der Waals surface area (Å²) in [6.45, 7) is 1.92. The molecule has 3 aromatic carbocycles. The smallest absolute Gasteiger partial charge is 0.340 e. The lowest BCUT2D eigenvalue weighted by molar-refractivity contribution is 0.0530. The van der Waals surface area contributed by atoms with Crippen LogP contribution in [0.3, 0.4) is 0 Å². The highest BCUT2D eigenvalue weighted by molar-refractivity contribution is 6.13. The third-order valence-corrected chi connectivity index (χ3v) is 4.03. The van der Waals surface area contributed by atoms with Gasteiger partial charge in [-0.15, -0.1) is 0 Å². The molecular formula is C20H18FNO3. The van der Waals surface area contributed by atoms with E-state index in [-0.39, 0.29) is 23.4 Å². The first kappa shape index (κ1) is 16.8. The Morgan fingerprint density at radius 1 is 1.12 bits per heavy atom. The number of hydrogen-bond donors (Lipinski definition) is 1. The summed E-state index contributed by atoms with van der Waals surface area (Å²) >= 11 is 0. The van der Waals surface area contributed by atoms with Gasteiger partial charge in [0.05, 0.1) is 25.0 Å². The molecule has 3 rings (SSSR count). The van der Waals surface area contributed by atoms with Crippen molar-refractivity contribution in [2.75, 3.05) is 19.5 Å². The van der Waals surface area contributed by atoms with Crippen molar-refractivity contribution in [1.82, 2.24) is 0 Å². The average molecular weight is 339 g/mol. The summed E-state index contributed by atoms with van der Waals surface area (Å²) < 4.78 is 25.5. The lowest BCUT2D eigenvalue weighted by atomic mass is 9.93. The molecule has 0 bridgehead atoms. The van der Waals surface area contributed by atoms with Crippen LogP contribution in [0.2, 0.25) is 0 Å². The zero-order valence-electron chi connectivity index (χ0n) is 14.0. The third kappa shape index (κ3) is 2.89. The van der Waals surface area contributed by atoms with Crippen LogP contribution in [0.4, 0.5) is 10.1 Å². The van der Waals surface area contributed by atoms with Gasteiger partial charge in [-0.25, -0.2) is 9.18 Å². The van der Waals surface area contributed by atoms with Gasteiger partial charge < -0.3 is 15.2 Å². The lowest BCUT2D eigenvalue weighted by Gasteiger charge is -2.16. The first-order valence-electron chi connectivity index (χ1n) is 7.89. The Bertz CT molecular complexity index is 953. The van der Waals surface area contributed by atoms with Crippen molar-refractivity contribution in [2.24, 2.45) is 0 Å². The first-order chi connectivity index (χ1) is 12.1. The molecule has 0 saturated heterocycles. The molecule has 0 heterocycles. The summed E-state index contributed by atoms with van der Waals surface area (Å²) in [5, 5.41) is 0.750. The van der Waals surface area contributed by atoms with E-state index in [0.717, 1.165) is 0 Å². The number of ether oxygens (including phenoxy) is 2. The van der Waals surface area contributed by atoms with Crippen LogP contribution >= 0.6 is 0 Å². The Kier molecular flexibility index (Phi) is 4.57. The minimum atomic E-state index is -0.569. The summed E-state index contributed by atoms with van der Waals surface area (Å²) in [5.41, 5.74) is 7.16. The largest absolute Gasteiger partial charge is 0.497 e. The van der Waals surface area contributed by atoms with Gasteiger partial charge in [-0.05, 0) is 24.6 Å². The maximum Gasteiger partial charge on any atom is 0.340 e. The summed E-state index contributed by atoms with van der Waals surface area (Å²) in [6.07, 6.45) is 0. The van der Waals surface area contributed by atoms with Crippen LogP contribution < -0.4 is 10.5 Å². The lowest BCUT2D eigenvalue weighted by Crippen LogP contribution is -2.11. The molecule has 0 spiro atoms. The van der Waals surface area contributed by atoms with Crippen LogP contribution in [-0.4, -0.2) is 19.7 Å². The van der Waals surface area contributed by atoms with Crippen molar-refractivity contribution in [1.29, 1.82) is 0 Å². The number of anilines is 1. The summed E-state index contributed by atoms with van der Waals surface area (Å²) in [4.78, 5) is 12.4. The number of benzene rings is 3. The minimum absolute atomic E-state index is 0.0582. The topological polar surface area (TPSA) is 61.5 Å². The minimum Gasteiger partial charge on any atom is -0.497 e. The zero-order valence-corrected chi connectivity index (χ0v) is 14.0. The van der Waals surface area contributed by atoms with Gasteiger partial charge in [-0.3, -0.25) is 0 Å². The highest BCUT2D eigenvalue weighted by atomic mass is 19.1. The number of hydrogen-bond acceptors (Lipinski definition) is 4. The fraction of sp³-hybridized carbons (Fsp3) is 0.150. The molecule has 0 atom stereocenters. The van der Waals surface area contributed by atoms with E-state index < -0.39 is 11.8 Å². The quantitative estimate of drug-likeness (QED) is 0.565. The Morgan fingerprint density at radius 2 is 1.84 bits per heavy atom. The summed E-state index contributed by atoms with van der Waals surface area (Å²) in [5.74, 6) is -0.475. The van der Waals surface area contributed by atoms with Crippen LogP contribution in [0.15, 0.2) is 48.5 Å².